The monoisotopic (exact) mass is 394 g/mol. The molecule has 0 radical (unpaired) electrons. The molecule has 1 aliphatic rings. The molecular formula is C19H26N2O7. The molecule has 1 saturated heterocycles. The number of esters is 1. The minimum atomic E-state index is -0.957. The van der Waals surface area contributed by atoms with E-state index < -0.39 is 23.2 Å². The van der Waals surface area contributed by atoms with Gasteiger partial charge in [0.1, 0.15) is 5.56 Å². The predicted molar refractivity (Wildman–Crippen MR) is 101 cm³/mol. The first kappa shape index (κ1) is 21.5. The van der Waals surface area contributed by atoms with E-state index in [1.165, 1.54) is 13.2 Å². The molecule has 0 unspecified atom stereocenters. The van der Waals surface area contributed by atoms with Gasteiger partial charge in [0.15, 0.2) is 18.1 Å². The van der Waals surface area contributed by atoms with Crippen molar-refractivity contribution in [2.75, 3.05) is 33.4 Å². The lowest BCUT2D eigenvalue weighted by atomic mass is 9.92. The van der Waals surface area contributed by atoms with E-state index in [0.717, 1.165) is 12.5 Å². The smallest absolute Gasteiger partial charge is 0.345 e. The van der Waals surface area contributed by atoms with Crippen molar-refractivity contribution in [3.05, 3.63) is 27.8 Å². The molecule has 0 bridgehead atoms. The topological polar surface area (TPSA) is 108 Å². The normalized spacial score (nSPS) is 19.1. The van der Waals surface area contributed by atoms with Crippen molar-refractivity contribution in [1.82, 2.24) is 4.90 Å². The van der Waals surface area contributed by atoms with Crippen LogP contribution >= 0.6 is 0 Å². The third-order valence-corrected chi connectivity index (χ3v) is 4.55. The molecule has 0 aromatic heterocycles. The summed E-state index contributed by atoms with van der Waals surface area (Å²) in [7, 11) is 1.35. The molecule has 1 aromatic rings. The third-order valence-electron chi connectivity index (χ3n) is 4.55. The SMILES string of the molecule is CCOc1cc(C(=O)OCC(=O)N2C[C@H](C)C[C@H](C)C2)c([N+](=O)[O-])cc1OC. The van der Waals surface area contributed by atoms with Crippen molar-refractivity contribution in [1.29, 1.82) is 0 Å². The van der Waals surface area contributed by atoms with E-state index in [2.05, 4.69) is 13.8 Å². The van der Waals surface area contributed by atoms with Crippen molar-refractivity contribution in [2.24, 2.45) is 11.8 Å². The van der Waals surface area contributed by atoms with Crippen LogP contribution in [0.15, 0.2) is 12.1 Å². The molecule has 1 fully saturated rings. The van der Waals surface area contributed by atoms with Crippen LogP contribution in [0.25, 0.3) is 0 Å². The number of benzene rings is 1. The van der Waals surface area contributed by atoms with E-state index in [1.807, 2.05) is 0 Å². The molecule has 154 valence electrons. The van der Waals surface area contributed by atoms with Crippen LogP contribution < -0.4 is 9.47 Å². The maximum Gasteiger partial charge on any atom is 0.345 e. The number of carbonyl (C=O) groups is 2. The van der Waals surface area contributed by atoms with Crippen LogP contribution in [0, 0.1) is 22.0 Å². The van der Waals surface area contributed by atoms with Crippen LogP contribution in [0.5, 0.6) is 11.5 Å². The third kappa shape index (κ3) is 5.11. The van der Waals surface area contributed by atoms with Crippen LogP contribution in [-0.4, -0.2) is 55.1 Å². The second kappa shape index (κ2) is 9.38. The van der Waals surface area contributed by atoms with Gasteiger partial charge in [0, 0.05) is 19.2 Å². The average Bonchev–Trinajstić information content (AvgIpc) is 2.64. The van der Waals surface area contributed by atoms with Gasteiger partial charge < -0.3 is 19.1 Å². The van der Waals surface area contributed by atoms with Gasteiger partial charge in [-0.05, 0) is 25.2 Å². The molecule has 9 heteroatoms. The molecule has 0 saturated carbocycles. The Kier molecular flexibility index (Phi) is 7.19. The number of piperidine rings is 1. The molecule has 1 aromatic carbocycles. The number of hydrogen-bond acceptors (Lipinski definition) is 7. The number of likely N-dealkylation sites (tertiary alicyclic amines) is 1. The maximum absolute atomic E-state index is 12.4. The number of carbonyl (C=O) groups excluding carboxylic acids is 2. The van der Waals surface area contributed by atoms with Gasteiger partial charge in [0.05, 0.1) is 24.7 Å². The summed E-state index contributed by atoms with van der Waals surface area (Å²) in [5, 5.41) is 11.3. The number of rotatable bonds is 7. The first-order valence-electron chi connectivity index (χ1n) is 9.20. The Balaban J connectivity index is 2.15. The molecule has 1 heterocycles. The first-order chi connectivity index (χ1) is 13.3. The van der Waals surface area contributed by atoms with E-state index in [-0.39, 0.29) is 29.6 Å². The fraction of sp³-hybridized carbons (Fsp3) is 0.579. The van der Waals surface area contributed by atoms with Gasteiger partial charge in [-0.1, -0.05) is 13.8 Å². The Bertz CT molecular complexity index is 740. The van der Waals surface area contributed by atoms with Crippen molar-refractivity contribution in [3.63, 3.8) is 0 Å². The number of nitrogens with zero attached hydrogens (tertiary/aromatic N) is 2. The zero-order valence-electron chi connectivity index (χ0n) is 16.6. The van der Waals surface area contributed by atoms with Crippen molar-refractivity contribution in [3.8, 4) is 11.5 Å². The van der Waals surface area contributed by atoms with Gasteiger partial charge in [0.25, 0.3) is 11.6 Å². The van der Waals surface area contributed by atoms with E-state index in [0.29, 0.717) is 24.9 Å². The summed E-state index contributed by atoms with van der Waals surface area (Å²) in [5.74, 6) is -0.195. The number of methoxy groups -OCH3 is 1. The van der Waals surface area contributed by atoms with Crippen LogP contribution in [0.1, 0.15) is 37.6 Å². The molecule has 0 aliphatic carbocycles. The number of ether oxygens (including phenoxy) is 3. The highest BCUT2D eigenvalue weighted by atomic mass is 16.6. The lowest BCUT2D eigenvalue weighted by molar-refractivity contribution is -0.385. The van der Waals surface area contributed by atoms with E-state index in [1.54, 1.807) is 11.8 Å². The molecule has 0 spiro atoms. The zero-order chi connectivity index (χ0) is 20.8. The molecule has 0 N–H and O–H groups in total. The molecule has 1 amide bonds. The summed E-state index contributed by atoms with van der Waals surface area (Å²) in [6, 6.07) is 2.32. The highest BCUT2D eigenvalue weighted by Crippen LogP contribution is 2.35. The van der Waals surface area contributed by atoms with E-state index >= 15 is 0 Å². The van der Waals surface area contributed by atoms with Gasteiger partial charge in [-0.15, -0.1) is 0 Å². The van der Waals surface area contributed by atoms with Gasteiger partial charge in [0.2, 0.25) is 0 Å². The first-order valence-corrected chi connectivity index (χ1v) is 9.20. The lowest BCUT2D eigenvalue weighted by Gasteiger charge is -2.34. The second-order valence-electron chi connectivity index (χ2n) is 7.03. The molecule has 2 atom stereocenters. The average molecular weight is 394 g/mol. The van der Waals surface area contributed by atoms with Gasteiger partial charge in [-0.2, -0.15) is 0 Å². The van der Waals surface area contributed by atoms with Gasteiger partial charge in [-0.3, -0.25) is 14.9 Å². The second-order valence-corrected chi connectivity index (χ2v) is 7.03. The summed E-state index contributed by atoms with van der Waals surface area (Å²) in [4.78, 5) is 37.1. The fourth-order valence-electron chi connectivity index (χ4n) is 3.45. The molecule has 28 heavy (non-hydrogen) atoms. The van der Waals surface area contributed by atoms with Crippen LogP contribution in [0.3, 0.4) is 0 Å². The molecule has 2 rings (SSSR count). The predicted octanol–water partition coefficient (Wildman–Crippen LogP) is 2.66. The minimum absolute atomic E-state index is 0.137. The van der Waals surface area contributed by atoms with Crippen LogP contribution in [0.2, 0.25) is 0 Å². The Morgan fingerprint density at radius 1 is 1.21 bits per heavy atom. The van der Waals surface area contributed by atoms with Gasteiger partial charge >= 0.3 is 5.97 Å². The van der Waals surface area contributed by atoms with E-state index in [4.69, 9.17) is 14.2 Å². The zero-order valence-corrected chi connectivity index (χ0v) is 16.6. The summed E-state index contributed by atoms with van der Waals surface area (Å²) in [5.41, 5.74) is -0.764. The Morgan fingerprint density at radius 2 is 1.86 bits per heavy atom. The number of amides is 1. The summed E-state index contributed by atoms with van der Waals surface area (Å²) in [6.07, 6.45) is 1.04. The highest BCUT2D eigenvalue weighted by molar-refractivity contribution is 5.96. The van der Waals surface area contributed by atoms with Gasteiger partial charge in [-0.25, -0.2) is 4.79 Å². The van der Waals surface area contributed by atoms with Crippen LogP contribution in [0.4, 0.5) is 5.69 Å². The van der Waals surface area contributed by atoms with Crippen molar-refractivity contribution >= 4 is 17.6 Å². The van der Waals surface area contributed by atoms with Crippen LogP contribution in [-0.2, 0) is 9.53 Å². The fourth-order valence-corrected chi connectivity index (χ4v) is 3.45. The molecule has 1 aliphatic heterocycles. The number of nitro benzene ring substituents is 1. The Hall–Kier alpha value is -2.84. The highest BCUT2D eigenvalue weighted by Gasteiger charge is 2.29. The molecule has 9 nitrogen and oxygen atoms in total. The molecular weight excluding hydrogens is 368 g/mol. The largest absolute Gasteiger partial charge is 0.493 e. The van der Waals surface area contributed by atoms with Crippen molar-refractivity contribution in [2.45, 2.75) is 27.2 Å². The maximum atomic E-state index is 12.4. The van der Waals surface area contributed by atoms with Crippen molar-refractivity contribution < 1.29 is 28.7 Å². The summed E-state index contributed by atoms with van der Waals surface area (Å²) < 4.78 is 15.5. The number of hydrogen-bond donors (Lipinski definition) is 0. The number of nitro groups is 1. The van der Waals surface area contributed by atoms with E-state index in [9.17, 15) is 19.7 Å². The standard InChI is InChI=1S/C19H26N2O7/c1-5-27-17-7-14(15(21(24)25)8-16(17)26-4)19(23)28-11-18(22)20-9-12(2)6-13(3)10-20/h7-8,12-13H,5-6,9-11H2,1-4H3/t12-,13+. The quantitative estimate of drug-likeness (QED) is 0.397. The minimum Gasteiger partial charge on any atom is -0.493 e. The Labute approximate surface area is 163 Å². The lowest BCUT2D eigenvalue weighted by Crippen LogP contribution is -2.44. The summed E-state index contributed by atoms with van der Waals surface area (Å²) in [6.45, 7) is 6.90. The Morgan fingerprint density at radius 3 is 2.39 bits per heavy atom. The summed E-state index contributed by atoms with van der Waals surface area (Å²) >= 11 is 0.